The molecule has 4 heteroatoms. The van der Waals surface area contributed by atoms with Crippen LogP contribution in [0.4, 0.5) is 0 Å². The minimum atomic E-state index is 0.0379. The third kappa shape index (κ3) is 1.70. The molecule has 3 aliphatic carbocycles. The molecule has 100 valence electrons. The Kier molecular flexibility index (Phi) is 2.42. The molecular formula is C15H19N3O. The number of rotatable bonds is 3. The first-order valence-corrected chi connectivity index (χ1v) is 7.24. The van der Waals surface area contributed by atoms with Gasteiger partial charge in [-0.1, -0.05) is 0 Å². The number of fused-ring (bicyclic) bond motifs is 5. The third-order valence-electron chi connectivity index (χ3n) is 5.32. The average Bonchev–Trinajstić information content (AvgIpc) is 2.85. The Labute approximate surface area is 112 Å². The summed E-state index contributed by atoms with van der Waals surface area (Å²) < 4.78 is 0. The Bertz CT molecular complexity index is 514. The second-order valence-electron chi connectivity index (χ2n) is 6.23. The summed E-state index contributed by atoms with van der Waals surface area (Å²) in [5.41, 5.74) is 7.01. The summed E-state index contributed by atoms with van der Waals surface area (Å²) in [6, 6.07) is 4.00. The fourth-order valence-corrected chi connectivity index (χ4v) is 4.48. The van der Waals surface area contributed by atoms with Gasteiger partial charge in [-0.15, -0.1) is 0 Å². The van der Waals surface area contributed by atoms with Crippen molar-refractivity contribution in [1.82, 2.24) is 10.3 Å². The second kappa shape index (κ2) is 4.04. The Balaban J connectivity index is 1.45. The van der Waals surface area contributed by atoms with Gasteiger partial charge in [0.2, 0.25) is 0 Å². The molecule has 1 amide bonds. The minimum absolute atomic E-state index is 0.0379. The average molecular weight is 257 g/mol. The largest absolute Gasteiger partial charge is 0.349 e. The second-order valence-corrected chi connectivity index (χ2v) is 6.23. The van der Waals surface area contributed by atoms with Crippen LogP contribution in [0.2, 0.25) is 0 Å². The molecule has 4 unspecified atom stereocenters. The first-order chi connectivity index (χ1) is 9.28. The van der Waals surface area contributed by atoms with Crippen molar-refractivity contribution in [3.63, 3.8) is 0 Å². The van der Waals surface area contributed by atoms with Crippen molar-refractivity contribution in [3.8, 4) is 0 Å². The number of nitrogens with zero attached hydrogens (tertiary/aromatic N) is 1. The lowest BCUT2D eigenvalue weighted by atomic mass is 10.0. The predicted molar refractivity (Wildman–Crippen MR) is 71.2 cm³/mol. The van der Waals surface area contributed by atoms with E-state index in [2.05, 4.69) is 10.3 Å². The maximum Gasteiger partial charge on any atom is 0.251 e. The smallest absolute Gasteiger partial charge is 0.251 e. The summed E-state index contributed by atoms with van der Waals surface area (Å²) in [6.07, 6.45) is 5.83. The molecule has 4 rings (SSSR count). The fraction of sp³-hybridized carbons (Fsp3) is 0.600. The van der Waals surface area contributed by atoms with Gasteiger partial charge >= 0.3 is 0 Å². The number of nitrogens with one attached hydrogen (secondary N) is 1. The molecule has 1 aromatic rings. The zero-order valence-electron chi connectivity index (χ0n) is 10.9. The Morgan fingerprint density at radius 1 is 1.37 bits per heavy atom. The fourth-order valence-electron chi connectivity index (χ4n) is 4.48. The topological polar surface area (TPSA) is 68.0 Å². The lowest BCUT2D eigenvalue weighted by Gasteiger charge is -2.11. The van der Waals surface area contributed by atoms with Crippen LogP contribution in [0.3, 0.4) is 0 Å². The molecule has 0 aromatic carbocycles. The third-order valence-corrected chi connectivity index (χ3v) is 5.32. The number of aromatic nitrogens is 1. The van der Waals surface area contributed by atoms with E-state index in [0.29, 0.717) is 18.2 Å². The highest BCUT2D eigenvalue weighted by Crippen LogP contribution is 2.65. The highest BCUT2D eigenvalue weighted by molar-refractivity contribution is 5.94. The minimum Gasteiger partial charge on any atom is -0.349 e. The van der Waals surface area contributed by atoms with Gasteiger partial charge < -0.3 is 11.1 Å². The van der Waals surface area contributed by atoms with E-state index < -0.39 is 0 Å². The Morgan fingerprint density at radius 2 is 2.11 bits per heavy atom. The van der Waals surface area contributed by atoms with Crippen molar-refractivity contribution in [3.05, 3.63) is 29.6 Å². The van der Waals surface area contributed by atoms with Crippen LogP contribution in [0.1, 0.15) is 35.3 Å². The summed E-state index contributed by atoms with van der Waals surface area (Å²) in [7, 11) is 0. The van der Waals surface area contributed by atoms with Crippen molar-refractivity contribution >= 4 is 5.91 Å². The van der Waals surface area contributed by atoms with Crippen LogP contribution in [0.25, 0.3) is 0 Å². The summed E-state index contributed by atoms with van der Waals surface area (Å²) in [4.78, 5) is 16.4. The van der Waals surface area contributed by atoms with Gasteiger partial charge in [0.25, 0.3) is 5.91 Å². The van der Waals surface area contributed by atoms with E-state index in [1.807, 2.05) is 0 Å². The lowest BCUT2D eigenvalue weighted by molar-refractivity contribution is 0.0944. The van der Waals surface area contributed by atoms with E-state index in [4.69, 9.17) is 5.73 Å². The van der Waals surface area contributed by atoms with Gasteiger partial charge in [0.1, 0.15) is 0 Å². The molecule has 1 aromatic heterocycles. The van der Waals surface area contributed by atoms with Gasteiger partial charge in [-0.25, -0.2) is 0 Å². The quantitative estimate of drug-likeness (QED) is 0.858. The van der Waals surface area contributed by atoms with Crippen LogP contribution in [-0.2, 0) is 6.54 Å². The van der Waals surface area contributed by atoms with Crippen molar-refractivity contribution in [2.75, 3.05) is 0 Å². The van der Waals surface area contributed by atoms with Crippen molar-refractivity contribution < 1.29 is 4.79 Å². The van der Waals surface area contributed by atoms with Crippen LogP contribution in [0.5, 0.6) is 0 Å². The predicted octanol–water partition coefficient (Wildman–Crippen LogP) is 1.31. The van der Waals surface area contributed by atoms with Gasteiger partial charge in [0, 0.05) is 24.3 Å². The van der Waals surface area contributed by atoms with E-state index in [1.165, 1.54) is 19.3 Å². The SMILES string of the molecule is NCc1cc(C(=O)NC2C3C4CCC(C4)C23)ccn1. The summed E-state index contributed by atoms with van der Waals surface area (Å²) in [5, 5.41) is 3.22. The monoisotopic (exact) mass is 257 g/mol. The van der Waals surface area contributed by atoms with Crippen LogP contribution >= 0.6 is 0 Å². The molecule has 3 N–H and O–H groups in total. The first kappa shape index (κ1) is 11.4. The molecule has 0 radical (unpaired) electrons. The zero-order valence-corrected chi connectivity index (χ0v) is 10.9. The number of carbonyl (C=O) groups excluding carboxylic acids is 1. The van der Waals surface area contributed by atoms with Crippen LogP contribution < -0.4 is 11.1 Å². The number of hydrogen-bond donors (Lipinski definition) is 2. The molecule has 0 saturated heterocycles. The molecule has 4 atom stereocenters. The van der Waals surface area contributed by atoms with Crippen molar-refractivity contribution in [2.24, 2.45) is 29.4 Å². The Hall–Kier alpha value is -1.42. The molecule has 3 aliphatic rings. The lowest BCUT2D eigenvalue weighted by Crippen LogP contribution is -2.30. The molecule has 0 spiro atoms. The molecule has 1 heterocycles. The molecule has 4 nitrogen and oxygen atoms in total. The van der Waals surface area contributed by atoms with Crippen molar-refractivity contribution in [2.45, 2.75) is 31.8 Å². The number of pyridine rings is 1. The molecule has 19 heavy (non-hydrogen) atoms. The van der Waals surface area contributed by atoms with E-state index in [1.54, 1.807) is 18.3 Å². The normalized spacial score (nSPS) is 38.1. The molecule has 2 bridgehead atoms. The van der Waals surface area contributed by atoms with Crippen LogP contribution in [0, 0.1) is 23.7 Å². The highest BCUT2D eigenvalue weighted by atomic mass is 16.1. The van der Waals surface area contributed by atoms with E-state index in [-0.39, 0.29) is 5.91 Å². The summed E-state index contributed by atoms with van der Waals surface area (Å²) in [5.74, 6) is 3.36. The highest BCUT2D eigenvalue weighted by Gasteiger charge is 2.65. The number of amides is 1. The van der Waals surface area contributed by atoms with Gasteiger partial charge in [0.05, 0.1) is 5.69 Å². The zero-order chi connectivity index (χ0) is 13.0. The maximum atomic E-state index is 12.2. The molecule has 3 fully saturated rings. The van der Waals surface area contributed by atoms with Gasteiger partial charge in [-0.05, 0) is 55.1 Å². The first-order valence-electron chi connectivity index (χ1n) is 7.24. The van der Waals surface area contributed by atoms with Crippen LogP contribution in [-0.4, -0.2) is 16.9 Å². The van der Waals surface area contributed by atoms with Gasteiger partial charge in [-0.3, -0.25) is 9.78 Å². The maximum absolute atomic E-state index is 12.2. The van der Waals surface area contributed by atoms with Crippen LogP contribution in [0.15, 0.2) is 18.3 Å². The Morgan fingerprint density at radius 3 is 2.79 bits per heavy atom. The van der Waals surface area contributed by atoms with Crippen molar-refractivity contribution in [1.29, 1.82) is 0 Å². The number of carbonyl (C=O) groups is 1. The number of nitrogens with two attached hydrogens (primary N) is 1. The van der Waals surface area contributed by atoms with Gasteiger partial charge in [-0.2, -0.15) is 0 Å². The number of hydrogen-bond acceptors (Lipinski definition) is 3. The molecular weight excluding hydrogens is 238 g/mol. The van der Waals surface area contributed by atoms with Gasteiger partial charge in [0.15, 0.2) is 0 Å². The molecule has 0 aliphatic heterocycles. The summed E-state index contributed by atoms with van der Waals surface area (Å²) in [6.45, 7) is 0.375. The molecule has 3 saturated carbocycles. The summed E-state index contributed by atoms with van der Waals surface area (Å²) >= 11 is 0. The standard InChI is InChI=1S/C15H19N3O/c16-7-11-6-10(3-4-17-11)15(19)18-14-12-8-1-2-9(5-8)13(12)14/h3-4,6,8-9,12-14H,1-2,5,7,16H2,(H,18,19). The van der Waals surface area contributed by atoms with E-state index >= 15 is 0 Å². The van der Waals surface area contributed by atoms with E-state index in [0.717, 1.165) is 29.4 Å². The van der Waals surface area contributed by atoms with E-state index in [9.17, 15) is 4.79 Å².